The predicted molar refractivity (Wildman–Crippen MR) is 47.8 cm³/mol. The van der Waals surface area contributed by atoms with Gasteiger partial charge in [0.2, 0.25) is 0 Å². The van der Waals surface area contributed by atoms with Crippen molar-refractivity contribution in [2.45, 2.75) is 6.92 Å². The van der Waals surface area contributed by atoms with Gasteiger partial charge in [-0.1, -0.05) is 0 Å². The first-order valence-electron chi connectivity index (χ1n) is 3.36. The summed E-state index contributed by atoms with van der Waals surface area (Å²) in [5.41, 5.74) is 3.21. The van der Waals surface area contributed by atoms with E-state index in [2.05, 4.69) is 19.8 Å². The zero-order chi connectivity index (χ0) is 8.55. The van der Waals surface area contributed by atoms with Crippen molar-refractivity contribution >= 4 is 28.4 Å². The lowest BCUT2D eigenvalue weighted by Gasteiger charge is -1.98. The van der Waals surface area contributed by atoms with E-state index in [-0.39, 0.29) is 0 Å². The van der Waals surface area contributed by atoms with Gasteiger partial charge in [-0.15, -0.1) is 0 Å². The summed E-state index contributed by atoms with van der Waals surface area (Å²) in [6.07, 6.45) is 1.44. The van der Waals surface area contributed by atoms with Gasteiger partial charge in [-0.25, -0.2) is 15.8 Å². The molecule has 2 heterocycles. The van der Waals surface area contributed by atoms with Gasteiger partial charge in [-0.3, -0.25) is 0 Å². The SMILES string of the molecule is Cc1snc2ncnc(NN)c12. The van der Waals surface area contributed by atoms with E-state index in [9.17, 15) is 0 Å². The van der Waals surface area contributed by atoms with Gasteiger partial charge in [-0.2, -0.15) is 4.37 Å². The molecule has 0 spiro atoms. The van der Waals surface area contributed by atoms with Crippen LogP contribution in [0, 0.1) is 6.92 Å². The number of nitrogen functional groups attached to an aromatic ring is 1. The molecular formula is C6H7N5S. The molecule has 0 unspecified atom stereocenters. The Morgan fingerprint density at radius 2 is 2.33 bits per heavy atom. The number of hydrazine groups is 1. The second-order valence-electron chi connectivity index (χ2n) is 2.30. The van der Waals surface area contributed by atoms with Gasteiger partial charge in [0.05, 0.1) is 5.39 Å². The van der Waals surface area contributed by atoms with E-state index in [0.29, 0.717) is 11.5 Å². The number of nitrogens with one attached hydrogen (secondary N) is 1. The van der Waals surface area contributed by atoms with E-state index in [4.69, 9.17) is 5.84 Å². The summed E-state index contributed by atoms with van der Waals surface area (Å²) in [4.78, 5) is 9.05. The minimum atomic E-state index is 0.631. The van der Waals surface area contributed by atoms with Crippen LogP contribution < -0.4 is 11.3 Å². The van der Waals surface area contributed by atoms with Crippen LogP contribution in [0.25, 0.3) is 11.0 Å². The molecule has 0 aliphatic rings. The molecule has 62 valence electrons. The Labute approximate surface area is 72.8 Å². The Morgan fingerprint density at radius 1 is 1.50 bits per heavy atom. The van der Waals surface area contributed by atoms with Crippen LogP contribution in [0.1, 0.15) is 4.88 Å². The van der Waals surface area contributed by atoms with Crippen molar-refractivity contribution in [1.29, 1.82) is 0 Å². The van der Waals surface area contributed by atoms with Gasteiger partial charge >= 0.3 is 0 Å². The van der Waals surface area contributed by atoms with Gasteiger partial charge in [0.1, 0.15) is 6.33 Å². The van der Waals surface area contributed by atoms with Gasteiger partial charge in [0.15, 0.2) is 11.5 Å². The predicted octanol–water partition coefficient (Wildman–Crippen LogP) is 0.680. The molecule has 0 amide bonds. The van der Waals surface area contributed by atoms with Gasteiger partial charge in [0, 0.05) is 4.88 Å². The highest BCUT2D eigenvalue weighted by atomic mass is 32.1. The minimum Gasteiger partial charge on any atom is -0.308 e. The number of anilines is 1. The van der Waals surface area contributed by atoms with Crippen LogP contribution >= 0.6 is 11.5 Å². The molecule has 12 heavy (non-hydrogen) atoms. The minimum absolute atomic E-state index is 0.631. The molecule has 0 aliphatic heterocycles. The molecule has 2 aromatic rings. The lowest BCUT2D eigenvalue weighted by molar-refractivity contribution is 1.17. The van der Waals surface area contributed by atoms with Crippen molar-refractivity contribution in [3.05, 3.63) is 11.2 Å². The molecule has 0 atom stereocenters. The molecule has 5 nitrogen and oxygen atoms in total. The Kier molecular flexibility index (Phi) is 1.63. The van der Waals surface area contributed by atoms with Crippen molar-refractivity contribution in [3.63, 3.8) is 0 Å². The maximum Gasteiger partial charge on any atom is 0.178 e. The average molecular weight is 181 g/mol. The second kappa shape index (κ2) is 2.65. The second-order valence-corrected chi connectivity index (χ2v) is 3.28. The molecule has 0 aliphatic carbocycles. The fraction of sp³-hybridized carbons (Fsp3) is 0.167. The Bertz CT molecular complexity index is 409. The fourth-order valence-electron chi connectivity index (χ4n) is 1.04. The highest BCUT2D eigenvalue weighted by Crippen LogP contribution is 2.24. The lowest BCUT2D eigenvalue weighted by Crippen LogP contribution is -2.09. The number of nitrogens with two attached hydrogens (primary N) is 1. The third kappa shape index (κ3) is 0.926. The lowest BCUT2D eigenvalue weighted by atomic mass is 10.3. The molecular weight excluding hydrogens is 174 g/mol. The first-order chi connectivity index (χ1) is 5.83. The summed E-state index contributed by atoms with van der Waals surface area (Å²) < 4.78 is 4.12. The quantitative estimate of drug-likeness (QED) is 0.499. The van der Waals surface area contributed by atoms with E-state index in [1.165, 1.54) is 17.9 Å². The smallest absolute Gasteiger partial charge is 0.178 e. The standard InChI is InChI=1S/C6H7N5S/c1-3-4-5(10-7)8-2-9-6(4)11-12-3/h2H,7H2,1H3,(H,8,9,10,11). The molecule has 6 heteroatoms. The molecule has 0 saturated carbocycles. The first-order valence-corrected chi connectivity index (χ1v) is 4.14. The Balaban J connectivity index is 2.84. The molecule has 0 bridgehead atoms. The zero-order valence-electron chi connectivity index (χ0n) is 6.40. The van der Waals surface area contributed by atoms with Crippen LogP contribution in [0.2, 0.25) is 0 Å². The van der Waals surface area contributed by atoms with E-state index < -0.39 is 0 Å². The third-order valence-corrected chi connectivity index (χ3v) is 2.33. The highest BCUT2D eigenvalue weighted by molar-refractivity contribution is 7.07. The molecule has 3 N–H and O–H groups in total. The van der Waals surface area contributed by atoms with Crippen molar-refractivity contribution in [3.8, 4) is 0 Å². The maximum absolute atomic E-state index is 5.28. The number of aryl methyl sites for hydroxylation is 1. The molecule has 0 fully saturated rings. The number of hydrogen-bond acceptors (Lipinski definition) is 6. The summed E-state index contributed by atoms with van der Waals surface area (Å²) in [7, 11) is 0. The molecule has 2 aromatic heterocycles. The van der Waals surface area contributed by atoms with Gasteiger partial charge < -0.3 is 5.43 Å². The normalized spacial score (nSPS) is 10.5. The van der Waals surface area contributed by atoms with Crippen LogP contribution in [0.15, 0.2) is 6.33 Å². The first kappa shape index (κ1) is 7.38. The van der Waals surface area contributed by atoms with Crippen LogP contribution in [-0.2, 0) is 0 Å². The number of fused-ring (bicyclic) bond motifs is 1. The summed E-state index contributed by atoms with van der Waals surface area (Å²) >= 11 is 1.40. The van der Waals surface area contributed by atoms with Crippen LogP contribution in [0.3, 0.4) is 0 Å². The monoisotopic (exact) mass is 181 g/mol. The molecule has 0 radical (unpaired) electrons. The van der Waals surface area contributed by atoms with Crippen LogP contribution in [0.5, 0.6) is 0 Å². The topological polar surface area (TPSA) is 76.7 Å². The number of nitrogens with zero attached hydrogens (tertiary/aromatic N) is 3. The molecule has 2 rings (SSSR count). The van der Waals surface area contributed by atoms with Crippen LogP contribution in [-0.4, -0.2) is 14.3 Å². The van der Waals surface area contributed by atoms with Crippen LogP contribution in [0.4, 0.5) is 5.82 Å². The van der Waals surface area contributed by atoms with E-state index in [1.807, 2.05) is 6.92 Å². The molecule has 0 aromatic carbocycles. The number of rotatable bonds is 1. The van der Waals surface area contributed by atoms with E-state index in [1.54, 1.807) is 0 Å². The fourth-order valence-corrected chi connectivity index (χ4v) is 1.68. The maximum atomic E-state index is 5.28. The summed E-state index contributed by atoms with van der Waals surface area (Å²) in [6.45, 7) is 1.96. The Hall–Kier alpha value is -1.27. The van der Waals surface area contributed by atoms with Crippen molar-refractivity contribution in [2.75, 3.05) is 5.43 Å². The highest BCUT2D eigenvalue weighted by Gasteiger charge is 2.07. The average Bonchev–Trinajstić information content (AvgIpc) is 2.48. The number of hydrogen-bond donors (Lipinski definition) is 2. The van der Waals surface area contributed by atoms with Gasteiger partial charge in [0.25, 0.3) is 0 Å². The summed E-state index contributed by atoms with van der Waals surface area (Å²) in [5.74, 6) is 5.91. The third-order valence-electron chi connectivity index (χ3n) is 1.59. The van der Waals surface area contributed by atoms with Gasteiger partial charge in [-0.05, 0) is 18.5 Å². The van der Waals surface area contributed by atoms with E-state index >= 15 is 0 Å². The zero-order valence-corrected chi connectivity index (χ0v) is 7.22. The van der Waals surface area contributed by atoms with Crippen molar-refractivity contribution < 1.29 is 0 Å². The van der Waals surface area contributed by atoms with Crippen molar-refractivity contribution in [1.82, 2.24) is 14.3 Å². The largest absolute Gasteiger partial charge is 0.308 e. The van der Waals surface area contributed by atoms with E-state index in [0.717, 1.165) is 10.3 Å². The summed E-state index contributed by atoms with van der Waals surface area (Å²) in [5, 5.41) is 0.907. The Morgan fingerprint density at radius 3 is 3.08 bits per heavy atom. The molecule has 0 saturated heterocycles. The number of aromatic nitrogens is 3. The summed E-state index contributed by atoms with van der Waals surface area (Å²) in [6, 6.07) is 0. The van der Waals surface area contributed by atoms with Crippen molar-refractivity contribution in [2.24, 2.45) is 5.84 Å².